The lowest BCUT2D eigenvalue weighted by atomic mass is 9.75. The number of carboxylic acids is 1. The molecule has 0 unspecified atom stereocenters. The van der Waals surface area contributed by atoms with E-state index in [0.717, 1.165) is 19.5 Å². The first-order chi connectivity index (χ1) is 16.6. The fourth-order valence-electron chi connectivity index (χ4n) is 4.53. The minimum atomic E-state index is -5.08. The molecular formula is C24H30F3N3O5. The number of benzene rings is 1. The highest BCUT2D eigenvalue weighted by Crippen LogP contribution is 2.39. The summed E-state index contributed by atoms with van der Waals surface area (Å²) in [6.07, 6.45) is 1.82. The first kappa shape index (κ1) is 26.5. The molecule has 2 amide bonds. The first-order valence-electron chi connectivity index (χ1n) is 11.6. The Morgan fingerprint density at radius 3 is 2.09 bits per heavy atom. The van der Waals surface area contributed by atoms with E-state index < -0.39 is 24.0 Å². The molecule has 1 aromatic rings. The number of halogens is 3. The van der Waals surface area contributed by atoms with Crippen LogP contribution in [0.5, 0.6) is 0 Å². The lowest BCUT2D eigenvalue weighted by Gasteiger charge is -2.40. The molecule has 1 heterocycles. The fraction of sp³-hybridized carbons (Fsp3) is 0.542. The van der Waals surface area contributed by atoms with Crippen molar-refractivity contribution in [2.75, 3.05) is 31.1 Å². The first-order valence-corrected chi connectivity index (χ1v) is 11.6. The Kier molecular flexibility index (Phi) is 8.76. The van der Waals surface area contributed by atoms with Crippen LogP contribution in [0.25, 0.3) is 0 Å². The number of alkyl halides is 3. The van der Waals surface area contributed by atoms with Gasteiger partial charge in [0.2, 0.25) is 11.8 Å². The number of hydrogen-bond acceptors (Lipinski definition) is 5. The highest BCUT2D eigenvalue weighted by atomic mass is 19.4. The van der Waals surface area contributed by atoms with E-state index in [1.54, 1.807) is 5.48 Å². The Morgan fingerprint density at radius 1 is 0.971 bits per heavy atom. The molecule has 35 heavy (non-hydrogen) atoms. The van der Waals surface area contributed by atoms with Gasteiger partial charge in [0.15, 0.2) is 0 Å². The van der Waals surface area contributed by atoms with Gasteiger partial charge >= 0.3 is 12.1 Å². The number of para-hydroxylation sites is 1. The molecule has 3 N–H and O–H groups in total. The van der Waals surface area contributed by atoms with Gasteiger partial charge in [-0.1, -0.05) is 29.8 Å². The topological polar surface area (TPSA) is 110 Å². The van der Waals surface area contributed by atoms with Gasteiger partial charge in [0.05, 0.1) is 11.8 Å². The third-order valence-corrected chi connectivity index (χ3v) is 6.56. The fourth-order valence-corrected chi connectivity index (χ4v) is 4.53. The van der Waals surface area contributed by atoms with Crippen molar-refractivity contribution in [3.8, 4) is 0 Å². The molecule has 1 aromatic carbocycles. The van der Waals surface area contributed by atoms with Crippen molar-refractivity contribution in [1.82, 2.24) is 10.4 Å². The summed E-state index contributed by atoms with van der Waals surface area (Å²) in [4.78, 5) is 38.6. The monoisotopic (exact) mass is 497 g/mol. The van der Waals surface area contributed by atoms with E-state index in [-0.39, 0.29) is 11.8 Å². The van der Waals surface area contributed by atoms with Gasteiger partial charge in [0, 0.05) is 31.9 Å². The van der Waals surface area contributed by atoms with Gasteiger partial charge in [0.25, 0.3) is 0 Å². The number of aliphatic carboxylic acids is 1. The number of anilines is 1. The molecule has 8 nitrogen and oxygen atoms in total. The molecule has 0 aromatic heterocycles. The SMILES string of the molecule is O=C(NO)[C@H]1C/C(=C/C2CC2)CC[C@@H]1C(=O)N1CCN(c2ccccc2)CC1.O=C(O)C(F)(F)F. The Labute approximate surface area is 201 Å². The summed E-state index contributed by atoms with van der Waals surface area (Å²) in [6, 6.07) is 10.2. The van der Waals surface area contributed by atoms with Crippen molar-refractivity contribution < 1.29 is 37.9 Å². The van der Waals surface area contributed by atoms with Crippen LogP contribution < -0.4 is 10.4 Å². The molecule has 1 saturated heterocycles. The number of nitrogens with one attached hydrogen (secondary N) is 1. The number of piperazine rings is 1. The molecule has 3 fully saturated rings. The zero-order valence-electron chi connectivity index (χ0n) is 19.2. The Hall–Kier alpha value is -3.08. The maximum absolute atomic E-state index is 13.2. The minimum absolute atomic E-state index is 0.0618. The standard InChI is InChI=1S/C22H29N3O3.C2HF3O2/c26-21(23-28)20-15-17(14-16-6-7-16)8-9-19(20)22(27)25-12-10-24(11-13-25)18-4-2-1-3-5-18;3-2(4,5)1(6)7/h1-5,14,16,19-20,28H,6-13,15H2,(H,23,26);(H,6,7)/b17-14+;/t19-,20-;/m0./s1. The summed E-state index contributed by atoms with van der Waals surface area (Å²) in [5.41, 5.74) is 4.25. The van der Waals surface area contributed by atoms with Crippen LogP contribution in [0.3, 0.4) is 0 Å². The van der Waals surface area contributed by atoms with Crippen LogP contribution in [-0.2, 0) is 14.4 Å². The zero-order valence-corrected chi connectivity index (χ0v) is 19.2. The van der Waals surface area contributed by atoms with E-state index in [2.05, 4.69) is 23.1 Å². The molecule has 0 spiro atoms. The average Bonchev–Trinajstić information content (AvgIpc) is 3.67. The summed E-state index contributed by atoms with van der Waals surface area (Å²) >= 11 is 0. The van der Waals surface area contributed by atoms with Gasteiger partial charge in [-0.2, -0.15) is 13.2 Å². The van der Waals surface area contributed by atoms with E-state index >= 15 is 0 Å². The number of amides is 2. The van der Waals surface area contributed by atoms with Crippen molar-refractivity contribution in [3.63, 3.8) is 0 Å². The second kappa shape index (κ2) is 11.6. The van der Waals surface area contributed by atoms with E-state index in [1.165, 1.54) is 24.1 Å². The third kappa shape index (κ3) is 7.45. The van der Waals surface area contributed by atoms with Crippen molar-refractivity contribution in [1.29, 1.82) is 0 Å². The van der Waals surface area contributed by atoms with E-state index in [0.29, 0.717) is 31.8 Å². The number of rotatable bonds is 4. The molecule has 192 valence electrons. The quantitative estimate of drug-likeness (QED) is 0.335. The predicted molar refractivity (Wildman–Crippen MR) is 120 cm³/mol. The number of carbonyl (C=O) groups excluding carboxylic acids is 2. The van der Waals surface area contributed by atoms with Crippen LogP contribution in [0.15, 0.2) is 42.0 Å². The Bertz CT molecular complexity index is 926. The largest absolute Gasteiger partial charge is 0.490 e. The summed E-state index contributed by atoms with van der Waals surface area (Å²) in [5, 5.41) is 16.3. The second-order valence-electron chi connectivity index (χ2n) is 9.04. The predicted octanol–water partition coefficient (Wildman–Crippen LogP) is 3.23. The number of hydrogen-bond donors (Lipinski definition) is 3. The summed E-state index contributed by atoms with van der Waals surface area (Å²) in [6.45, 7) is 2.93. The molecule has 4 rings (SSSR count). The highest BCUT2D eigenvalue weighted by Gasteiger charge is 2.40. The third-order valence-electron chi connectivity index (χ3n) is 6.56. The van der Waals surface area contributed by atoms with E-state index in [1.807, 2.05) is 23.1 Å². The van der Waals surface area contributed by atoms with Crippen molar-refractivity contribution >= 4 is 23.5 Å². The molecule has 2 aliphatic carbocycles. The molecule has 1 aliphatic heterocycles. The summed E-state index contributed by atoms with van der Waals surface area (Å²) in [5.74, 6) is -3.27. The molecular weight excluding hydrogens is 467 g/mol. The van der Waals surface area contributed by atoms with Crippen molar-refractivity contribution in [2.45, 2.75) is 38.3 Å². The Balaban J connectivity index is 0.000000429. The van der Waals surface area contributed by atoms with E-state index in [4.69, 9.17) is 9.90 Å². The zero-order chi connectivity index (χ0) is 25.6. The van der Waals surface area contributed by atoms with Crippen LogP contribution in [-0.4, -0.2) is 65.4 Å². The van der Waals surface area contributed by atoms with Gasteiger partial charge < -0.3 is 14.9 Å². The average molecular weight is 498 g/mol. The van der Waals surface area contributed by atoms with Gasteiger partial charge in [-0.05, 0) is 50.2 Å². The van der Waals surface area contributed by atoms with Crippen LogP contribution in [0, 0.1) is 17.8 Å². The van der Waals surface area contributed by atoms with Crippen molar-refractivity contribution in [3.05, 3.63) is 42.0 Å². The number of hydroxylamine groups is 1. The maximum atomic E-state index is 13.2. The number of nitrogens with zero attached hydrogens (tertiary/aromatic N) is 2. The summed E-state index contributed by atoms with van der Waals surface area (Å²) in [7, 11) is 0. The maximum Gasteiger partial charge on any atom is 0.490 e. The van der Waals surface area contributed by atoms with Crippen LogP contribution in [0.4, 0.5) is 18.9 Å². The van der Waals surface area contributed by atoms with Gasteiger partial charge in [-0.15, -0.1) is 0 Å². The summed E-state index contributed by atoms with van der Waals surface area (Å²) < 4.78 is 31.7. The normalized spacial score (nSPS) is 23.8. The molecule has 11 heteroatoms. The second-order valence-corrected chi connectivity index (χ2v) is 9.04. The lowest BCUT2D eigenvalue weighted by Crippen LogP contribution is -2.52. The van der Waals surface area contributed by atoms with Crippen LogP contribution in [0.1, 0.15) is 32.1 Å². The van der Waals surface area contributed by atoms with Gasteiger partial charge in [-0.25, -0.2) is 10.3 Å². The number of allylic oxidation sites excluding steroid dienone is 2. The molecule has 2 atom stereocenters. The van der Waals surface area contributed by atoms with Crippen LogP contribution in [0.2, 0.25) is 0 Å². The van der Waals surface area contributed by atoms with Gasteiger partial charge in [-0.3, -0.25) is 14.8 Å². The lowest BCUT2D eigenvalue weighted by molar-refractivity contribution is -0.192. The highest BCUT2D eigenvalue weighted by molar-refractivity contribution is 5.88. The van der Waals surface area contributed by atoms with E-state index in [9.17, 15) is 28.0 Å². The van der Waals surface area contributed by atoms with Crippen LogP contribution >= 0.6 is 0 Å². The molecule has 0 bridgehead atoms. The number of carbonyl (C=O) groups is 3. The minimum Gasteiger partial charge on any atom is -0.475 e. The molecule has 2 saturated carbocycles. The smallest absolute Gasteiger partial charge is 0.475 e. The van der Waals surface area contributed by atoms with Gasteiger partial charge in [0.1, 0.15) is 0 Å². The van der Waals surface area contributed by atoms with Crippen molar-refractivity contribution in [2.24, 2.45) is 17.8 Å². The Morgan fingerprint density at radius 2 is 1.57 bits per heavy atom. The number of carboxylic acid groups (broad SMARTS) is 1. The molecule has 3 aliphatic rings. The molecule has 0 radical (unpaired) electrons.